The first-order chi connectivity index (χ1) is 17.0. The van der Waals surface area contributed by atoms with E-state index < -0.39 is 0 Å². The molecule has 2 aromatic heterocycles. The quantitative estimate of drug-likeness (QED) is 0.226. The molecule has 9 N–H and O–H groups in total. The number of nitrogen functional groups attached to an aromatic ring is 2. The second-order valence-corrected chi connectivity index (χ2v) is 9.52. The first kappa shape index (κ1) is 22.9. The van der Waals surface area contributed by atoms with E-state index >= 15 is 0 Å². The van der Waals surface area contributed by atoms with Gasteiger partial charge in [-0.05, 0) is 74.4 Å². The van der Waals surface area contributed by atoms with E-state index in [1.165, 1.54) is 0 Å². The Morgan fingerprint density at radius 1 is 1.11 bits per heavy atom. The highest BCUT2D eigenvalue weighted by molar-refractivity contribution is 5.91. The van der Waals surface area contributed by atoms with Crippen LogP contribution in [0.2, 0.25) is 0 Å². The monoisotopic (exact) mass is 472 g/mol. The number of benzene rings is 2. The number of aromatic amines is 2. The van der Waals surface area contributed by atoms with Crippen molar-refractivity contribution in [2.75, 3.05) is 18.0 Å². The number of amides is 1. The van der Waals surface area contributed by atoms with E-state index in [9.17, 15) is 4.79 Å². The molecule has 35 heavy (non-hydrogen) atoms. The summed E-state index contributed by atoms with van der Waals surface area (Å²) in [6, 6.07) is 13.3. The molecule has 9 heteroatoms. The summed E-state index contributed by atoms with van der Waals surface area (Å²) in [6.45, 7) is 0.693. The number of hydrogen-bond donors (Lipinski definition) is 6. The van der Waals surface area contributed by atoms with Crippen molar-refractivity contribution in [1.29, 1.82) is 0 Å². The maximum absolute atomic E-state index is 13.2. The average molecular weight is 473 g/mol. The minimum atomic E-state index is -0.309. The zero-order chi connectivity index (χ0) is 24.4. The van der Waals surface area contributed by atoms with E-state index in [1.807, 2.05) is 42.5 Å². The number of imidazole rings is 1. The van der Waals surface area contributed by atoms with Gasteiger partial charge in [-0.2, -0.15) is 5.10 Å². The number of nitrogens with two attached hydrogens (primary N) is 3. The molecular weight excluding hydrogens is 440 g/mol. The molecule has 0 saturated heterocycles. The summed E-state index contributed by atoms with van der Waals surface area (Å²) < 4.78 is 0. The molecule has 0 radical (unpaired) electrons. The molecule has 1 aliphatic rings. The first-order valence-electron chi connectivity index (χ1n) is 12.1. The Kier molecular flexibility index (Phi) is 6.41. The number of carbonyl (C=O) groups excluding carboxylic acids is 1. The van der Waals surface area contributed by atoms with Gasteiger partial charge in [0.1, 0.15) is 5.82 Å². The lowest BCUT2D eigenvalue weighted by Gasteiger charge is -2.28. The minimum Gasteiger partial charge on any atom is -0.399 e. The molecule has 0 bridgehead atoms. The van der Waals surface area contributed by atoms with Gasteiger partial charge in [0.25, 0.3) is 0 Å². The standard InChI is InChI=1S/C26H32N8O/c27-13-15-4-6-17(7-5-15)26(35)32-22(11-16-2-1-3-19(28)10-16)25-30-14-23(31-25)18-8-9-20-21(12-18)33-34-24(20)29/h1-3,8-10,12,14-15,17,22H,4-7,11,13,27-28H2,(H,30,31)(H,32,35)(H3,29,33,34)/t15?,17?,22-/m0/s1. The van der Waals surface area contributed by atoms with Gasteiger partial charge in [0.2, 0.25) is 5.91 Å². The van der Waals surface area contributed by atoms with Crippen molar-refractivity contribution in [2.24, 2.45) is 17.6 Å². The lowest BCUT2D eigenvalue weighted by Crippen LogP contribution is -2.37. The summed E-state index contributed by atoms with van der Waals surface area (Å²) in [7, 11) is 0. The van der Waals surface area contributed by atoms with Gasteiger partial charge in [0.15, 0.2) is 5.82 Å². The number of hydrogen-bond acceptors (Lipinski definition) is 6. The summed E-state index contributed by atoms with van der Waals surface area (Å²) in [4.78, 5) is 21.3. The van der Waals surface area contributed by atoms with Crippen LogP contribution in [0.3, 0.4) is 0 Å². The van der Waals surface area contributed by atoms with Crippen LogP contribution in [0.25, 0.3) is 22.2 Å². The smallest absolute Gasteiger partial charge is 0.223 e. The first-order valence-corrected chi connectivity index (χ1v) is 12.1. The molecule has 1 saturated carbocycles. The number of nitrogens with one attached hydrogen (secondary N) is 3. The van der Waals surface area contributed by atoms with Crippen LogP contribution in [0.4, 0.5) is 11.5 Å². The third kappa shape index (κ3) is 5.00. The molecule has 0 unspecified atom stereocenters. The molecule has 1 aliphatic carbocycles. The SMILES string of the molecule is NCC1CCC(C(=O)N[C@@H](Cc2cccc(N)c2)c2ncc(-c3ccc4c(N)n[nH]c4c3)[nH]2)CC1. The minimum absolute atomic E-state index is 0.00354. The number of H-pyrrole nitrogens is 2. The van der Waals surface area contributed by atoms with E-state index in [1.54, 1.807) is 6.20 Å². The largest absolute Gasteiger partial charge is 0.399 e. The Labute approximate surface area is 203 Å². The maximum atomic E-state index is 13.2. The van der Waals surface area contributed by atoms with Gasteiger partial charge < -0.3 is 27.5 Å². The van der Waals surface area contributed by atoms with Gasteiger partial charge in [0.05, 0.1) is 23.4 Å². The second-order valence-electron chi connectivity index (χ2n) is 9.52. The predicted octanol–water partition coefficient (Wildman–Crippen LogP) is 3.28. The molecule has 2 aromatic carbocycles. The van der Waals surface area contributed by atoms with Crippen LogP contribution in [0.5, 0.6) is 0 Å². The molecule has 0 spiro atoms. The fraction of sp³-hybridized carbons (Fsp3) is 0.346. The van der Waals surface area contributed by atoms with Crippen molar-refractivity contribution in [3.05, 3.63) is 60.0 Å². The van der Waals surface area contributed by atoms with Crippen LogP contribution < -0.4 is 22.5 Å². The number of carbonyl (C=O) groups is 1. The molecule has 1 atom stereocenters. The second kappa shape index (κ2) is 9.79. The highest BCUT2D eigenvalue weighted by atomic mass is 16.2. The van der Waals surface area contributed by atoms with Gasteiger partial charge in [-0.3, -0.25) is 9.89 Å². The summed E-state index contributed by atoms with van der Waals surface area (Å²) >= 11 is 0. The van der Waals surface area contributed by atoms with Crippen LogP contribution >= 0.6 is 0 Å². The van der Waals surface area contributed by atoms with Gasteiger partial charge in [0, 0.05) is 22.6 Å². The summed E-state index contributed by atoms with van der Waals surface area (Å²) in [5, 5.41) is 11.2. The zero-order valence-corrected chi connectivity index (χ0v) is 19.6. The van der Waals surface area contributed by atoms with Crippen LogP contribution in [0.15, 0.2) is 48.7 Å². The average Bonchev–Trinajstić information content (AvgIpc) is 3.51. The summed E-state index contributed by atoms with van der Waals surface area (Å²) in [5.74, 6) is 1.78. The topological polar surface area (TPSA) is 165 Å². The van der Waals surface area contributed by atoms with E-state index in [2.05, 4.69) is 25.5 Å². The number of aromatic nitrogens is 4. The number of anilines is 2. The van der Waals surface area contributed by atoms with Gasteiger partial charge in [-0.25, -0.2) is 4.98 Å². The normalized spacial score (nSPS) is 19.0. The number of fused-ring (bicyclic) bond motifs is 1. The maximum Gasteiger partial charge on any atom is 0.223 e. The molecule has 1 fully saturated rings. The van der Waals surface area contributed by atoms with Crippen molar-refractivity contribution in [2.45, 2.75) is 38.1 Å². The van der Waals surface area contributed by atoms with Gasteiger partial charge in [-0.15, -0.1) is 0 Å². The van der Waals surface area contributed by atoms with Crippen LogP contribution in [-0.2, 0) is 11.2 Å². The summed E-state index contributed by atoms with van der Waals surface area (Å²) in [6.07, 6.45) is 6.12. The van der Waals surface area contributed by atoms with Crippen LogP contribution in [0.1, 0.15) is 43.1 Å². The Morgan fingerprint density at radius 3 is 2.71 bits per heavy atom. The van der Waals surface area contributed by atoms with Crippen molar-refractivity contribution < 1.29 is 4.79 Å². The fourth-order valence-corrected chi connectivity index (χ4v) is 4.99. The summed E-state index contributed by atoms with van der Waals surface area (Å²) in [5.41, 5.74) is 22.1. The lowest BCUT2D eigenvalue weighted by atomic mass is 9.81. The third-order valence-electron chi connectivity index (χ3n) is 7.09. The van der Waals surface area contributed by atoms with Crippen molar-refractivity contribution in [3.8, 4) is 11.3 Å². The van der Waals surface area contributed by atoms with Gasteiger partial charge >= 0.3 is 0 Å². The molecule has 5 rings (SSSR count). The zero-order valence-electron chi connectivity index (χ0n) is 19.6. The predicted molar refractivity (Wildman–Crippen MR) is 138 cm³/mol. The van der Waals surface area contributed by atoms with Crippen molar-refractivity contribution >= 4 is 28.3 Å². The van der Waals surface area contributed by atoms with E-state index in [0.717, 1.165) is 53.4 Å². The van der Waals surface area contributed by atoms with Gasteiger partial charge in [-0.1, -0.05) is 18.2 Å². The Morgan fingerprint density at radius 2 is 1.94 bits per heavy atom. The lowest BCUT2D eigenvalue weighted by molar-refractivity contribution is -0.127. The molecule has 182 valence electrons. The van der Waals surface area contributed by atoms with Crippen molar-refractivity contribution in [1.82, 2.24) is 25.5 Å². The third-order valence-corrected chi connectivity index (χ3v) is 7.09. The molecule has 4 aromatic rings. The van der Waals surface area contributed by atoms with Crippen LogP contribution in [-0.4, -0.2) is 32.6 Å². The molecule has 2 heterocycles. The number of nitrogens with zero attached hydrogens (tertiary/aromatic N) is 2. The van der Waals surface area contributed by atoms with Crippen molar-refractivity contribution in [3.63, 3.8) is 0 Å². The fourth-order valence-electron chi connectivity index (χ4n) is 4.99. The highest BCUT2D eigenvalue weighted by Gasteiger charge is 2.28. The Hall–Kier alpha value is -3.85. The van der Waals surface area contributed by atoms with E-state index in [4.69, 9.17) is 17.2 Å². The molecule has 9 nitrogen and oxygen atoms in total. The van der Waals surface area contributed by atoms with Crippen LogP contribution in [0, 0.1) is 11.8 Å². The highest BCUT2D eigenvalue weighted by Crippen LogP contribution is 2.30. The number of rotatable bonds is 7. The van der Waals surface area contributed by atoms with E-state index in [-0.39, 0.29) is 17.9 Å². The Balaban J connectivity index is 1.39. The molecule has 0 aliphatic heterocycles. The Bertz CT molecular complexity index is 1320. The van der Waals surface area contributed by atoms with E-state index in [0.29, 0.717) is 36.2 Å². The molecule has 1 amide bonds. The molecular formula is C26H32N8O.